The molecule has 19 heavy (non-hydrogen) atoms. The highest BCUT2D eigenvalue weighted by Gasteiger charge is 2.17. The Labute approximate surface area is 116 Å². The van der Waals surface area contributed by atoms with Gasteiger partial charge < -0.3 is 4.74 Å². The minimum absolute atomic E-state index is 0.0960. The van der Waals surface area contributed by atoms with Crippen molar-refractivity contribution in [1.29, 1.82) is 0 Å². The van der Waals surface area contributed by atoms with E-state index in [4.69, 9.17) is 4.74 Å². The molecule has 6 nitrogen and oxygen atoms in total. The molecule has 0 spiro atoms. The molecule has 0 unspecified atom stereocenters. The van der Waals surface area contributed by atoms with Crippen LogP contribution in [0.25, 0.3) is 0 Å². The van der Waals surface area contributed by atoms with Gasteiger partial charge >= 0.3 is 0 Å². The molecule has 2 aromatic rings. The molecule has 1 aromatic carbocycles. The highest BCUT2D eigenvalue weighted by atomic mass is 79.9. The summed E-state index contributed by atoms with van der Waals surface area (Å²) in [5, 5.41) is 10.8. The van der Waals surface area contributed by atoms with Gasteiger partial charge in [-0.25, -0.2) is 4.98 Å². The Morgan fingerprint density at radius 2 is 2.11 bits per heavy atom. The van der Waals surface area contributed by atoms with Crippen LogP contribution >= 0.6 is 15.9 Å². The monoisotopic (exact) mass is 322 g/mol. The lowest BCUT2D eigenvalue weighted by Gasteiger charge is -2.08. The summed E-state index contributed by atoms with van der Waals surface area (Å²) < 4.78 is 5.63. The normalized spacial score (nSPS) is 9.95. The number of rotatable bonds is 4. The van der Waals surface area contributed by atoms with Gasteiger partial charge in [0.15, 0.2) is 12.0 Å². The van der Waals surface area contributed by atoms with Gasteiger partial charge in [-0.15, -0.1) is 0 Å². The molecule has 0 saturated carbocycles. The average Bonchev–Trinajstić information content (AvgIpc) is 2.41. The van der Waals surface area contributed by atoms with Crippen LogP contribution < -0.4 is 4.74 Å². The summed E-state index contributed by atoms with van der Waals surface area (Å²) in [5.74, 6) is 0.315. The van der Waals surface area contributed by atoms with E-state index in [-0.39, 0.29) is 27.4 Å². The molecular formula is C12H7BrN2O4. The van der Waals surface area contributed by atoms with Crippen LogP contribution in [-0.2, 0) is 0 Å². The van der Waals surface area contributed by atoms with Gasteiger partial charge in [0.1, 0.15) is 4.47 Å². The third-order valence-corrected chi connectivity index (χ3v) is 3.07. The molecule has 1 aromatic heterocycles. The Bertz CT molecular complexity index is 645. The van der Waals surface area contributed by atoms with Gasteiger partial charge in [-0.05, 0) is 34.1 Å². The average molecular weight is 323 g/mol. The van der Waals surface area contributed by atoms with E-state index in [0.29, 0.717) is 6.29 Å². The summed E-state index contributed by atoms with van der Waals surface area (Å²) in [6, 6.07) is 7.51. The number of pyridine rings is 1. The Morgan fingerprint density at radius 1 is 1.32 bits per heavy atom. The fourth-order valence-electron chi connectivity index (χ4n) is 1.40. The Kier molecular flexibility index (Phi) is 3.86. The summed E-state index contributed by atoms with van der Waals surface area (Å²) in [4.78, 5) is 25.0. The van der Waals surface area contributed by atoms with Crippen LogP contribution in [0.1, 0.15) is 10.4 Å². The van der Waals surface area contributed by atoms with Crippen LogP contribution in [0, 0.1) is 10.1 Å². The van der Waals surface area contributed by atoms with Crippen molar-refractivity contribution in [2.24, 2.45) is 0 Å². The number of ether oxygens (including phenoxy) is 1. The second-order valence-electron chi connectivity index (χ2n) is 3.46. The van der Waals surface area contributed by atoms with Gasteiger partial charge in [0.25, 0.3) is 5.69 Å². The van der Waals surface area contributed by atoms with Crippen molar-refractivity contribution in [3.05, 3.63) is 56.7 Å². The van der Waals surface area contributed by atoms with Crippen molar-refractivity contribution in [3.63, 3.8) is 0 Å². The summed E-state index contributed by atoms with van der Waals surface area (Å²) in [7, 11) is 0. The van der Waals surface area contributed by atoms with Gasteiger partial charge in [-0.1, -0.05) is 6.07 Å². The smallest absolute Gasteiger partial charge is 0.287 e. The SMILES string of the molecule is O=Cc1cccnc1Oc1cccc([N+](=O)[O-])c1Br. The van der Waals surface area contributed by atoms with Gasteiger partial charge in [0.2, 0.25) is 5.88 Å². The first-order valence-corrected chi connectivity index (χ1v) is 5.93. The van der Waals surface area contributed by atoms with Crippen molar-refractivity contribution in [2.75, 3.05) is 0 Å². The summed E-state index contributed by atoms with van der Waals surface area (Å²) in [5.41, 5.74) is 0.141. The number of carbonyl (C=O) groups is 1. The minimum Gasteiger partial charge on any atom is -0.437 e. The van der Waals surface area contributed by atoms with Crippen molar-refractivity contribution in [2.45, 2.75) is 0 Å². The lowest BCUT2D eigenvalue weighted by molar-refractivity contribution is -0.385. The molecular weight excluding hydrogens is 316 g/mol. The van der Waals surface area contributed by atoms with Gasteiger partial charge in [0.05, 0.1) is 10.5 Å². The molecule has 0 amide bonds. The highest BCUT2D eigenvalue weighted by molar-refractivity contribution is 9.10. The van der Waals surface area contributed by atoms with Crippen molar-refractivity contribution in [3.8, 4) is 11.6 Å². The molecule has 0 aliphatic carbocycles. The lowest BCUT2D eigenvalue weighted by atomic mass is 10.3. The zero-order valence-electron chi connectivity index (χ0n) is 9.45. The standard InChI is InChI=1S/C12H7BrN2O4/c13-11-9(15(17)18)4-1-5-10(11)19-12-8(7-16)3-2-6-14-12/h1-7H. The first-order chi connectivity index (χ1) is 9.13. The van der Waals surface area contributed by atoms with Gasteiger partial charge in [0, 0.05) is 12.3 Å². The minimum atomic E-state index is -0.532. The third kappa shape index (κ3) is 2.76. The second-order valence-corrected chi connectivity index (χ2v) is 4.26. The van der Waals surface area contributed by atoms with Crippen molar-refractivity contribution >= 4 is 27.9 Å². The highest BCUT2D eigenvalue weighted by Crippen LogP contribution is 2.36. The predicted octanol–water partition coefficient (Wildman–Crippen LogP) is 3.36. The topological polar surface area (TPSA) is 82.3 Å². The van der Waals surface area contributed by atoms with Crippen LogP contribution in [0.2, 0.25) is 0 Å². The number of carbonyl (C=O) groups excluding carboxylic acids is 1. The number of halogens is 1. The molecule has 0 atom stereocenters. The lowest BCUT2D eigenvalue weighted by Crippen LogP contribution is -1.96. The van der Waals surface area contributed by atoms with Crippen LogP contribution in [-0.4, -0.2) is 16.2 Å². The van der Waals surface area contributed by atoms with E-state index < -0.39 is 4.92 Å². The van der Waals surface area contributed by atoms with Crippen molar-refractivity contribution in [1.82, 2.24) is 4.98 Å². The number of nitro groups is 1. The Hall–Kier alpha value is -2.28. The molecule has 0 bridgehead atoms. The molecule has 0 N–H and O–H groups in total. The molecule has 0 saturated heterocycles. The quantitative estimate of drug-likeness (QED) is 0.489. The zero-order valence-corrected chi connectivity index (χ0v) is 11.0. The summed E-state index contributed by atoms with van der Waals surface area (Å²) >= 11 is 3.10. The molecule has 96 valence electrons. The summed E-state index contributed by atoms with van der Waals surface area (Å²) in [6.45, 7) is 0. The first kappa shape index (κ1) is 13.2. The van der Waals surface area contributed by atoms with E-state index in [9.17, 15) is 14.9 Å². The van der Waals surface area contributed by atoms with Crippen LogP contribution in [0.4, 0.5) is 5.69 Å². The number of aldehydes is 1. The van der Waals surface area contributed by atoms with E-state index in [1.165, 1.54) is 18.3 Å². The van der Waals surface area contributed by atoms with Crippen LogP contribution in [0.15, 0.2) is 41.0 Å². The van der Waals surface area contributed by atoms with Crippen LogP contribution in [0.5, 0.6) is 11.6 Å². The van der Waals surface area contributed by atoms with E-state index in [1.807, 2.05) is 0 Å². The maximum atomic E-state index is 10.8. The number of nitrogens with zero attached hydrogens (tertiary/aromatic N) is 2. The molecule has 0 fully saturated rings. The fraction of sp³-hybridized carbons (Fsp3) is 0. The number of hydrogen-bond acceptors (Lipinski definition) is 5. The van der Waals surface area contributed by atoms with E-state index in [1.54, 1.807) is 18.2 Å². The molecule has 0 aliphatic rings. The molecule has 2 rings (SSSR count). The van der Waals surface area contributed by atoms with E-state index >= 15 is 0 Å². The molecule has 1 heterocycles. The van der Waals surface area contributed by atoms with Gasteiger partial charge in [-0.3, -0.25) is 14.9 Å². The molecule has 7 heteroatoms. The maximum absolute atomic E-state index is 10.8. The summed E-state index contributed by atoms with van der Waals surface area (Å²) in [6.07, 6.45) is 2.07. The van der Waals surface area contributed by atoms with E-state index in [0.717, 1.165) is 0 Å². The number of benzene rings is 1. The number of hydrogen-bond donors (Lipinski definition) is 0. The zero-order chi connectivity index (χ0) is 13.8. The second kappa shape index (κ2) is 5.57. The Morgan fingerprint density at radius 3 is 2.79 bits per heavy atom. The largest absolute Gasteiger partial charge is 0.437 e. The Balaban J connectivity index is 2.41. The molecule has 0 aliphatic heterocycles. The first-order valence-electron chi connectivity index (χ1n) is 5.14. The van der Waals surface area contributed by atoms with Crippen molar-refractivity contribution < 1.29 is 14.5 Å². The third-order valence-electron chi connectivity index (χ3n) is 2.27. The number of nitro benzene ring substituents is 1. The van der Waals surface area contributed by atoms with E-state index in [2.05, 4.69) is 20.9 Å². The van der Waals surface area contributed by atoms with Crippen LogP contribution in [0.3, 0.4) is 0 Å². The maximum Gasteiger partial charge on any atom is 0.287 e. The number of aromatic nitrogens is 1. The predicted molar refractivity (Wildman–Crippen MR) is 70.5 cm³/mol. The fourth-order valence-corrected chi connectivity index (χ4v) is 1.89. The van der Waals surface area contributed by atoms with Gasteiger partial charge in [-0.2, -0.15) is 0 Å². The molecule has 0 radical (unpaired) electrons.